The van der Waals surface area contributed by atoms with Crippen LogP contribution in [0, 0.1) is 11.6 Å². The molecule has 18 heavy (non-hydrogen) atoms. The van der Waals surface area contributed by atoms with Gasteiger partial charge in [0.15, 0.2) is 0 Å². The van der Waals surface area contributed by atoms with Gasteiger partial charge in [-0.1, -0.05) is 13.8 Å². The van der Waals surface area contributed by atoms with Crippen LogP contribution in [0.3, 0.4) is 0 Å². The van der Waals surface area contributed by atoms with Crippen LogP contribution in [0.15, 0.2) is 17.0 Å². The Kier molecular flexibility index (Phi) is 6.60. The topological polar surface area (TPSA) is 21.3 Å². The molecule has 1 rings (SSSR count). The van der Waals surface area contributed by atoms with Crippen LogP contribution < -0.4 is 5.32 Å². The molecule has 5 heteroatoms. The third-order valence-corrected chi connectivity index (χ3v) is 3.36. The number of ether oxygens (including phenoxy) is 1. The Labute approximate surface area is 111 Å². The molecule has 0 aliphatic carbocycles. The monoisotopic (exact) mass is 275 g/mol. The van der Waals surface area contributed by atoms with Crippen molar-refractivity contribution in [2.75, 3.05) is 19.5 Å². The summed E-state index contributed by atoms with van der Waals surface area (Å²) >= 11 is 1.14. The maximum Gasteiger partial charge on any atom is 0.140 e. The van der Waals surface area contributed by atoms with E-state index in [2.05, 4.69) is 5.32 Å². The van der Waals surface area contributed by atoms with Crippen molar-refractivity contribution in [2.45, 2.75) is 31.3 Å². The fourth-order valence-corrected chi connectivity index (χ4v) is 2.25. The third kappa shape index (κ3) is 4.92. The summed E-state index contributed by atoms with van der Waals surface area (Å²) in [7, 11) is 1.56. The summed E-state index contributed by atoms with van der Waals surface area (Å²) in [6.45, 7) is 4.91. The molecular formula is C13H19F2NOS. The van der Waals surface area contributed by atoms with Crippen molar-refractivity contribution >= 4 is 11.8 Å². The molecule has 2 nitrogen and oxygen atoms in total. The molecule has 0 amide bonds. The molecule has 0 spiro atoms. The van der Waals surface area contributed by atoms with Crippen LogP contribution in [0.1, 0.15) is 19.4 Å². The van der Waals surface area contributed by atoms with E-state index in [1.165, 1.54) is 12.1 Å². The highest BCUT2D eigenvalue weighted by atomic mass is 32.2. The Morgan fingerprint density at radius 1 is 1.28 bits per heavy atom. The van der Waals surface area contributed by atoms with Crippen LogP contribution >= 0.6 is 11.8 Å². The first-order valence-corrected chi connectivity index (χ1v) is 6.86. The van der Waals surface area contributed by atoms with Crippen LogP contribution in [0.2, 0.25) is 0 Å². The van der Waals surface area contributed by atoms with Gasteiger partial charge in [-0.3, -0.25) is 0 Å². The first-order valence-electron chi connectivity index (χ1n) is 5.87. The molecule has 0 aromatic heterocycles. The summed E-state index contributed by atoms with van der Waals surface area (Å²) in [6, 6.07) is 3.05. The lowest BCUT2D eigenvalue weighted by Crippen LogP contribution is -2.22. The van der Waals surface area contributed by atoms with Gasteiger partial charge in [-0.05, 0) is 17.7 Å². The third-order valence-electron chi connectivity index (χ3n) is 2.31. The van der Waals surface area contributed by atoms with Gasteiger partial charge in [0.25, 0.3) is 0 Å². The maximum atomic E-state index is 13.7. The van der Waals surface area contributed by atoms with Gasteiger partial charge in [-0.2, -0.15) is 0 Å². The number of methoxy groups -OCH3 is 1. The summed E-state index contributed by atoms with van der Waals surface area (Å²) < 4.78 is 32.3. The molecule has 102 valence electrons. The fourth-order valence-electron chi connectivity index (χ4n) is 1.40. The first kappa shape index (κ1) is 15.4. The number of rotatable bonds is 7. The highest BCUT2D eigenvalue weighted by Crippen LogP contribution is 2.26. The molecule has 0 radical (unpaired) electrons. The zero-order chi connectivity index (χ0) is 13.5. The van der Waals surface area contributed by atoms with Gasteiger partial charge in [-0.25, -0.2) is 8.78 Å². The van der Waals surface area contributed by atoms with Crippen LogP contribution in [0.4, 0.5) is 8.78 Å². The standard InChI is InChI=1S/C13H19F2NOS/c1-9(2)16-8-10-6-11(14)13(12(15)7-10)18-5-4-17-3/h6-7,9,16H,4-5,8H2,1-3H3. The summed E-state index contributed by atoms with van der Waals surface area (Å²) in [5.41, 5.74) is 0.620. The molecular weight excluding hydrogens is 256 g/mol. The van der Waals surface area contributed by atoms with E-state index in [1.807, 2.05) is 13.8 Å². The molecule has 0 aliphatic heterocycles. The molecule has 1 aromatic carbocycles. The number of nitrogens with one attached hydrogen (secondary N) is 1. The summed E-state index contributed by atoms with van der Waals surface area (Å²) in [4.78, 5) is 0.0698. The van der Waals surface area contributed by atoms with E-state index in [-0.39, 0.29) is 10.9 Å². The SMILES string of the molecule is COCCSc1c(F)cc(CNC(C)C)cc1F. The van der Waals surface area contributed by atoms with Gasteiger partial charge < -0.3 is 10.1 Å². The molecule has 0 fully saturated rings. The molecule has 0 atom stereocenters. The van der Waals surface area contributed by atoms with E-state index < -0.39 is 11.6 Å². The Bertz CT molecular complexity index is 362. The Morgan fingerprint density at radius 2 is 1.89 bits per heavy atom. The second-order valence-corrected chi connectivity index (χ2v) is 5.37. The van der Waals surface area contributed by atoms with E-state index in [1.54, 1.807) is 7.11 Å². The number of thioether (sulfide) groups is 1. The summed E-state index contributed by atoms with van der Waals surface area (Å²) in [5, 5.41) is 3.13. The predicted molar refractivity (Wildman–Crippen MR) is 70.9 cm³/mol. The van der Waals surface area contributed by atoms with Crippen molar-refractivity contribution in [1.82, 2.24) is 5.32 Å². The van der Waals surface area contributed by atoms with Crippen molar-refractivity contribution in [3.05, 3.63) is 29.3 Å². The number of hydrogen-bond acceptors (Lipinski definition) is 3. The summed E-state index contributed by atoms with van der Waals surface area (Å²) in [6.07, 6.45) is 0. The van der Waals surface area contributed by atoms with Gasteiger partial charge in [0.2, 0.25) is 0 Å². The van der Waals surface area contributed by atoms with E-state index in [9.17, 15) is 8.78 Å². The molecule has 0 unspecified atom stereocenters. The van der Waals surface area contributed by atoms with Crippen molar-refractivity contribution in [3.8, 4) is 0 Å². The smallest absolute Gasteiger partial charge is 0.140 e. The average Bonchev–Trinajstić information content (AvgIpc) is 2.30. The van der Waals surface area contributed by atoms with Crippen LogP contribution in [0.25, 0.3) is 0 Å². The zero-order valence-electron chi connectivity index (χ0n) is 10.9. The second kappa shape index (κ2) is 7.71. The Morgan fingerprint density at radius 3 is 2.39 bits per heavy atom. The zero-order valence-corrected chi connectivity index (χ0v) is 11.7. The first-order chi connectivity index (χ1) is 8.54. The maximum absolute atomic E-state index is 13.7. The molecule has 0 heterocycles. The number of hydrogen-bond donors (Lipinski definition) is 1. The van der Waals surface area contributed by atoms with Crippen LogP contribution in [-0.4, -0.2) is 25.5 Å². The van der Waals surface area contributed by atoms with Crippen molar-refractivity contribution in [1.29, 1.82) is 0 Å². The summed E-state index contributed by atoms with van der Waals surface area (Å²) in [5.74, 6) is -0.471. The molecule has 1 aromatic rings. The Balaban J connectivity index is 2.71. The molecule has 0 saturated carbocycles. The van der Waals surface area contributed by atoms with Gasteiger partial charge in [0.1, 0.15) is 11.6 Å². The fraction of sp³-hybridized carbons (Fsp3) is 0.538. The largest absolute Gasteiger partial charge is 0.384 e. The highest BCUT2D eigenvalue weighted by molar-refractivity contribution is 7.99. The predicted octanol–water partition coefficient (Wildman–Crippen LogP) is 3.20. The lowest BCUT2D eigenvalue weighted by Gasteiger charge is -2.10. The van der Waals surface area contributed by atoms with Gasteiger partial charge in [0, 0.05) is 25.4 Å². The second-order valence-electron chi connectivity index (χ2n) is 4.27. The average molecular weight is 275 g/mol. The molecule has 0 saturated heterocycles. The van der Waals surface area contributed by atoms with E-state index in [0.29, 0.717) is 24.5 Å². The van der Waals surface area contributed by atoms with Gasteiger partial charge in [0.05, 0.1) is 11.5 Å². The molecule has 0 aliphatic rings. The van der Waals surface area contributed by atoms with Gasteiger partial charge >= 0.3 is 0 Å². The normalized spacial score (nSPS) is 11.2. The minimum Gasteiger partial charge on any atom is -0.384 e. The van der Waals surface area contributed by atoms with Crippen molar-refractivity contribution in [2.24, 2.45) is 0 Å². The van der Waals surface area contributed by atoms with Gasteiger partial charge in [-0.15, -0.1) is 11.8 Å². The minimum absolute atomic E-state index is 0.0698. The quantitative estimate of drug-likeness (QED) is 0.610. The lowest BCUT2D eigenvalue weighted by molar-refractivity contribution is 0.218. The van der Waals surface area contributed by atoms with Crippen LogP contribution in [0.5, 0.6) is 0 Å². The number of benzene rings is 1. The van der Waals surface area contributed by atoms with Crippen molar-refractivity contribution in [3.63, 3.8) is 0 Å². The van der Waals surface area contributed by atoms with E-state index in [0.717, 1.165) is 11.8 Å². The van der Waals surface area contributed by atoms with E-state index in [4.69, 9.17) is 4.74 Å². The van der Waals surface area contributed by atoms with E-state index >= 15 is 0 Å². The molecule has 0 bridgehead atoms. The highest BCUT2D eigenvalue weighted by Gasteiger charge is 2.11. The minimum atomic E-state index is -0.503. The Hall–Kier alpha value is -0.650. The van der Waals surface area contributed by atoms with Crippen LogP contribution in [-0.2, 0) is 11.3 Å². The lowest BCUT2D eigenvalue weighted by atomic mass is 10.2. The number of halogens is 2. The molecule has 1 N–H and O–H groups in total. The van der Waals surface area contributed by atoms with Crippen molar-refractivity contribution < 1.29 is 13.5 Å².